The number of hydrogen-bond donors (Lipinski definition) is 0. The van der Waals surface area contributed by atoms with E-state index < -0.39 is 0 Å². The third-order valence-corrected chi connectivity index (χ3v) is 4.52. The molecule has 2 aromatic heterocycles. The molecule has 0 spiro atoms. The maximum absolute atomic E-state index is 12.7. The standard InChI is InChI=1S/C20H15ClO5/c1-11-9-15(22)16-17(25-10-12-5-3-4-6-14(12)21)13-7-8-24-18(13)20(23-2)19(16)26-11/h3-9H,10H2,1-2H3. The first-order valence-corrected chi connectivity index (χ1v) is 8.35. The van der Waals surface area contributed by atoms with Crippen LogP contribution in [0.2, 0.25) is 5.02 Å². The van der Waals surface area contributed by atoms with Crippen LogP contribution in [0.25, 0.3) is 21.9 Å². The second-order valence-corrected chi connectivity index (χ2v) is 6.24. The van der Waals surface area contributed by atoms with E-state index in [4.69, 9.17) is 29.9 Å². The molecule has 2 heterocycles. The molecule has 6 heteroatoms. The van der Waals surface area contributed by atoms with E-state index in [1.807, 2.05) is 18.2 Å². The average molecular weight is 371 g/mol. The summed E-state index contributed by atoms with van der Waals surface area (Å²) in [7, 11) is 1.50. The molecule has 0 aliphatic carbocycles. The van der Waals surface area contributed by atoms with Gasteiger partial charge in [-0.1, -0.05) is 29.8 Å². The van der Waals surface area contributed by atoms with Crippen molar-refractivity contribution in [3.63, 3.8) is 0 Å². The molecule has 5 nitrogen and oxygen atoms in total. The van der Waals surface area contributed by atoms with Crippen molar-refractivity contribution in [2.75, 3.05) is 7.11 Å². The fourth-order valence-corrected chi connectivity index (χ4v) is 3.18. The van der Waals surface area contributed by atoms with Gasteiger partial charge in [0.1, 0.15) is 23.5 Å². The van der Waals surface area contributed by atoms with Crippen LogP contribution in [0.4, 0.5) is 0 Å². The highest BCUT2D eigenvalue weighted by Gasteiger charge is 2.23. The van der Waals surface area contributed by atoms with Gasteiger partial charge in [0.2, 0.25) is 5.75 Å². The molecule has 0 amide bonds. The van der Waals surface area contributed by atoms with E-state index in [9.17, 15) is 4.79 Å². The number of furan rings is 1. The summed E-state index contributed by atoms with van der Waals surface area (Å²) in [5, 5.41) is 1.54. The van der Waals surface area contributed by atoms with Crippen LogP contribution in [0.1, 0.15) is 11.3 Å². The first-order valence-electron chi connectivity index (χ1n) is 7.98. The summed E-state index contributed by atoms with van der Waals surface area (Å²) in [6, 6.07) is 10.5. The van der Waals surface area contributed by atoms with Crippen LogP contribution >= 0.6 is 11.6 Å². The van der Waals surface area contributed by atoms with Crippen LogP contribution in [0.15, 0.2) is 56.3 Å². The summed E-state index contributed by atoms with van der Waals surface area (Å²) in [5.74, 6) is 1.23. The molecule has 26 heavy (non-hydrogen) atoms. The van der Waals surface area contributed by atoms with Gasteiger partial charge in [0.25, 0.3) is 0 Å². The van der Waals surface area contributed by atoms with Gasteiger partial charge in [-0.25, -0.2) is 0 Å². The van der Waals surface area contributed by atoms with Gasteiger partial charge in [0.05, 0.1) is 18.8 Å². The van der Waals surface area contributed by atoms with E-state index in [2.05, 4.69) is 0 Å². The molecule has 0 aliphatic rings. The van der Waals surface area contributed by atoms with Crippen molar-refractivity contribution in [1.82, 2.24) is 0 Å². The normalized spacial score (nSPS) is 11.2. The summed E-state index contributed by atoms with van der Waals surface area (Å²) in [6.07, 6.45) is 1.52. The van der Waals surface area contributed by atoms with Crippen molar-refractivity contribution in [3.05, 3.63) is 69.2 Å². The molecule has 0 fully saturated rings. The lowest BCUT2D eigenvalue weighted by Gasteiger charge is -2.13. The Hall–Kier alpha value is -2.92. The van der Waals surface area contributed by atoms with Crippen molar-refractivity contribution in [2.24, 2.45) is 0 Å². The predicted molar refractivity (Wildman–Crippen MR) is 99.3 cm³/mol. The highest BCUT2D eigenvalue weighted by molar-refractivity contribution is 6.31. The summed E-state index contributed by atoms with van der Waals surface area (Å²) in [6.45, 7) is 1.91. The van der Waals surface area contributed by atoms with Gasteiger partial charge in [-0.15, -0.1) is 0 Å². The van der Waals surface area contributed by atoms with Gasteiger partial charge < -0.3 is 18.3 Å². The molecule has 2 aromatic carbocycles. The Balaban J connectivity index is 1.96. The molecule has 0 N–H and O–H groups in total. The quantitative estimate of drug-likeness (QED) is 0.500. The fourth-order valence-electron chi connectivity index (χ4n) is 2.99. The molecule has 0 aliphatic heterocycles. The number of fused-ring (bicyclic) bond motifs is 2. The number of hydrogen-bond acceptors (Lipinski definition) is 5. The molecule has 4 rings (SSSR count). The molecule has 0 radical (unpaired) electrons. The highest BCUT2D eigenvalue weighted by Crippen LogP contribution is 2.42. The molecule has 0 unspecified atom stereocenters. The van der Waals surface area contributed by atoms with Gasteiger partial charge in [0, 0.05) is 16.7 Å². The lowest BCUT2D eigenvalue weighted by Crippen LogP contribution is -2.06. The van der Waals surface area contributed by atoms with Crippen molar-refractivity contribution < 1.29 is 18.3 Å². The van der Waals surface area contributed by atoms with Crippen LogP contribution in [0.3, 0.4) is 0 Å². The predicted octanol–water partition coefficient (Wildman–Crippen LogP) is 5.09. The van der Waals surface area contributed by atoms with E-state index in [1.54, 1.807) is 19.1 Å². The molecule has 0 atom stereocenters. The summed E-state index contributed by atoms with van der Waals surface area (Å²) in [4.78, 5) is 12.7. The van der Waals surface area contributed by atoms with Crippen LogP contribution < -0.4 is 14.9 Å². The monoisotopic (exact) mass is 370 g/mol. The number of halogens is 1. The molecular weight excluding hydrogens is 356 g/mol. The third kappa shape index (κ3) is 2.61. The lowest BCUT2D eigenvalue weighted by atomic mass is 10.1. The minimum absolute atomic E-state index is 0.203. The van der Waals surface area contributed by atoms with Gasteiger partial charge in [-0.2, -0.15) is 0 Å². The summed E-state index contributed by atoms with van der Waals surface area (Å²) in [5.41, 5.74) is 1.36. The fraction of sp³-hybridized carbons (Fsp3) is 0.150. The number of aryl methyl sites for hydroxylation is 1. The second-order valence-electron chi connectivity index (χ2n) is 5.83. The minimum Gasteiger partial charge on any atom is -0.490 e. The highest BCUT2D eigenvalue weighted by atomic mass is 35.5. The van der Waals surface area contributed by atoms with Gasteiger partial charge in [0.15, 0.2) is 16.6 Å². The largest absolute Gasteiger partial charge is 0.490 e. The first-order chi connectivity index (χ1) is 12.6. The Labute approximate surface area is 153 Å². The van der Waals surface area contributed by atoms with Crippen LogP contribution in [0, 0.1) is 6.92 Å². The SMILES string of the molecule is COc1c2occc2c(OCc2ccccc2Cl)c2c(=O)cc(C)oc12. The Morgan fingerprint density at radius 2 is 1.92 bits per heavy atom. The maximum atomic E-state index is 12.7. The van der Waals surface area contributed by atoms with Gasteiger partial charge in [-0.05, 0) is 19.1 Å². The molecule has 0 saturated carbocycles. The molecule has 0 bridgehead atoms. The van der Waals surface area contributed by atoms with Crippen LogP contribution in [-0.4, -0.2) is 7.11 Å². The molecule has 132 valence electrons. The zero-order valence-corrected chi connectivity index (χ0v) is 14.9. The maximum Gasteiger partial charge on any atom is 0.206 e. The first kappa shape index (κ1) is 16.5. The van der Waals surface area contributed by atoms with Gasteiger partial charge in [-0.3, -0.25) is 4.79 Å². The summed E-state index contributed by atoms with van der Waals surface area (Å²) < 4.78 is 22.8. The average Bonchev–Trinajstić information content (AvgIpc) is 3.09. The Kier molecular flexibility index (Phi) is 4.09. The van der Waals surface area contributed by atoms with E-state index in [0.717, 1.165) is 5.56 Å². The number of rotatable bonds is 4. The van der Waals surface area contributed by atoms with Crippen molar-refractivity contribution in [2.45, 2.75) is 13.5 Å². The lowest BCUT2D eigenvalue weighted by molar-refractivity contribution is 0.312. The van der Waals surface area contributed by atoms with Crippen LogP contribution in [-0.2, 0) is 6.61 Å². The minimum atomic E-state index is -0.209. The zero-order chi connectivity index (χ0) is 18.3. The van der Waals surface area contributed by atoms with Crippen LogP contribution in [0.5, 0.6) is 11.5 Å². The Morgan fingerprint density at radius 3 is 2.69 bits per heavy atom. The number of benzene rings is 2. The van der Waals surface area contributed by atoms with E-state index >= 15 is 0 Å². The number of methoxy groups -OCH3 is 1. The van der Waals surface area contributed by atoms with Crippen molar-refractivity contribution in [3.8, 4) is 11.5 Å². The third-order valence-electron chi connectivity index (χ3n) is 4.15. The van der Waals surface area contributed by atoms with Crippen molar-refractivity contribution in [1.29, 1.82) is 0 Å². The molecule has 0 saturated heterocycles. The Bertz CT molecular complexity index is 1170. The summed E-state index contributed by atoms with van der Waals surface area (Å²) >= 11 is 6.21. The van der Waals surface area contributed by atoms with Crippen molar-refractivity contribution >= 4 is 33.5 Å². The smallest absolute Gasteiger partial charge is 0.206 e. The van der Waals surface area contributed by atoms with E-state index in [-0.39, 0.29) is 12.0 Å². The van der Waals surface area contributed by atoms with E-state index in [1.165, 1.54) is 19.4 Å². The topological polar surface area (TPSA) is 61.8 Å². The molecule has 4 aromatic rings. The Morgan fingerprint density at radius 1 is 1.12 bits per heavy atom. The zero-order valence-electron chi connectivity index (χ0n) is 14.2. The number of ether oxygens (including phenoxy) is 2. The van der Waals surface area contributed by atoms with E-state index in [0.29, 0.717) is 44.2 Å². The second kappa shape index (κ2) is 6.42. The van der Waals surface area contributed by atoms with Gasteiger partial charge >= 0.3 is 0 Å². The molecular formula is C20H15ClO5.